The van der Waals surface area contributed by atoms with Crippen LogP contribution >= 0.6 is 0 Å². The van der Waals surface area contributed by atoms with E-state index in [9.17, 15) is 5.11 Å². The highest BCUT2D eigenvalue weighted by atomic mass is 16.5. The monoisotopic (exact) mass is 454 g/mol. The fourth-order valence-electron chi connectivity index (χ4n) is 4.68. The SMILES string of the molecule is OC(COc1cccc2ncccc12)CN1CCN(C(c2ccccc2)c2ccccn2)CC1. The lowest BCUT2D eigenvalue weighted by atomic mass is 10.0. The van der Waals surface area contributed by atoms with Crippen molar-refractivity contribution in [3.63, 3.8) is 0 Å². The fraction of sp³-hybridized carbons (Fsp3) is 0.286. The van der Waals surface area contributed by atoms with Crippen molar-refractivity contribution in [3.8, 4) is 5.75 Å². The summed E-state index contributed by atoms with van der Waals surface area (Å²) in [5.74, 6) is 0.760. The Morgan fingerprint density at radius 1 is 0.794 bits per heavy atom. The van der Waals surface area contributed by atoms with Crippen LogP contribution in [0, 0.1) is 0 Å². The van der Waals surface area contributed by atoms with Crippen LogP contribution in [0.25, 0.3) is 10.9 Å². The normalized spacial score (nSPS) is 16.9. The van der Waals surface area contributed by atoms with E-state index in [4.69, 9.17) is 4.74 Å². The van der Waals surface area contributed by atoms with Gasteiger partial charge in [-0.3, -0.25) is 19.8 Å². The zero-order chi connectivity index (χ0) is 23.2. The number of hydrogen-bond donors (Lipinski definition) is 1. The first-order valence-corrected chi connectivity index (χ1v) is 11.8. The molecule has 0 radical (unpaired) electrons. The Morgan fingerprint density at radius 2 is 1.59 bits per heavy atom. The predicted molar refractivity (Wildman–Crippen MR) is 134 cm³/mol. The maximum absolute atomic E-state index is 10.7. The lowest BCUT2D eigenvalue weighted by molar-refractivity contribution is 0.0400. The number of hydrogen-bond acceptors (Lipinski definition) is 6. The quantitative estimate of drug-likeness (QED) is 0.437. The van der Waals surface area contributed by atoms with Crippen LogP contribution in [0.5, 0.6) is 5.75 Å². The first kappa shape index (κ1) is 22.5. The standard InChI is InChI=1S/C28H30N4O2/c33-23(21-34-27-13-6-12-25-24(27)10-7-15-29-25)20-31-16-18-32(19-17-31)28(22-8-2-1-3-9-22)26-11-4-5-14-30-26/h1-15,23,28,33H,16-21H2. The summed E-state index contributed by atoms with van der Waals surface area (Å²) >= 11 is 0. The van der Waals surface area contributed by atoms with Gasteiger partial charge >= 0.3 is 0 Å². The number of piperazine rings is 1. The van der Waals surface area contributed by atoms with E-state index >= 15 is 0 Å². The Balaban J connectivity index is 1.17. The molecule has 3 heterocycles. The summed E-state index contributed by atoms with van der Waals surface area (Å²) in [5, 5.41) is 11.6. The number of aromatic nitrogens is 2. The molecule has 6 nitrogen and oxygen atoms in total. The van der Waals surface area contributed by atoms with Crippen molar-refractivity contribution in [1.82, 2.24) is 19.8 Å². The summed E-state index contributed by atoms with van der Waals surface area (Å²) in [6.07, 6.45) is 3.08. The van der Waals surface area contributed by atoms with E-state index in [0.29, 0.717) is 6.54 Å². The first-order chi connectivity index (χ1) is 16.8. The molecule has 0 amide bonds. The maximum Gasteiger partial charge on any atom is 0.128 e. The van der Waals surface area contributed by atoms with Crippen molar-refractivity contribution in [2.75, 3.05) is 39.3 Å². The van der Waals surface area contributed by atoms with Gasteiger partial charge in [-0.1, -0.05) is 42.5 Å². The molecular weight excluding hydrogens is 424 g/mol. The van der Waals surface area contributed by atoms with Crippen LogP contribution in [0.2, 0.25) is 0 Å². The van der Waals surface area contributed by atoms with Crippen molar-refractivity contribution >= 4 is 10.9 Å². The number of nitrogens with zero attached hydrogens (tertiary/aromatic N) is 4. The summed E-state index contributed by atoms with van der Waals surface area (Å²) in [6, 6.07) is 26.6. The molecule has 174 valence electrons. The van der Waals surface area contributed by atoms with Gasteiger partial charge in [0.15, 0.2) is 0 Å². The molecule has 1 aliphatic heterocycles. The number of ether oxygens (including phenoxy) is 1. The van der Waals surface area contributed by atoms with E-state index in [1.807, 2.05) is 42.6 Å². The van der Waals surface area contributed by atoms with E-state index in [0.717, 1.165) is 48.5 Å². The molecule has 1 fully saturated rings. The van der Waals surface area contributed by atoms with Crippen LogP contribution in [0.4, 0.5) is 0 Å². The van der Waals surface area contributed by atoms with Gasteiger partial charge in [-0.25, -0.2) is 0 Å². The highest BCUT2D eigenvalue weighted by Crippen LogP contribution is 2.28. The number of aliphatic hydroxyl groups excluding tert-OH is 1. The number of rotatable bonds is 8. The van der Waals surface area contributed by atoms with Gasteiger partial charge in [-0.2, -0.15) is 0 Å². The van der Waals surface area contributed by atoms with E-state index in [-0.39, 0.29) is 12.6 Å². The summed E-state index contributed by atoms with van der Waals surface area (Å²) < 4.78 is 5.96. The number of aliphatic hydroxyl groups is 1. The third-order valence-electron chi connectivity index (χ3n) is 6.36. The molecule has 0 spiro atoms. The number of β-amino-alcohol motifs (C(OH)–C–C–N with tert-alkyl or cyclic N) is 1. The molecule has 2 atom stereocenters. The first-order valence-electron chi connectivity index (χ1n) is 11.8. The third kappa shape index (κ3) is 5.25. The molecular formula is C28H30N4O2. The molecule has 2 aromatic carbocycles. The molecule has 0 bridgehead atoms. The minimum absolute atomic E-state index is 0.137. The van der Waals surface area contributed by atoms with Crippen LogP contribution in [-0.4, -0.2) is 70.3 Å². The molecule has 2 aromatic heterocycles. The Hall–Kier alpha value is -3.32. The second kappa shape index (κ2) is 10.7. The van der Waals surface area contributed by atoms with Gasteiger partial charge in [0, 0.05) is 50.5 Å². The second-order valence-corrected chi connectivity index (χ2v) is 8.70. The molecule has 1 aliphatic rings. The lowest BCUT2D eigenvalue weighted by Crippen LogP contribution is -2.50. The summed E-state index contributed by atoms with van der Waals surface area (Å²) in [6.45, 7) is 4.47. The number of fused-ring (bicyclic) bond motifs is 1. The average molecular weight is 455 g/mol. The zero-order valence-corrected chi connectivity index (χ0v) is 19.2. The van der Waals surface area contributed by atoms with Crippen molar-refractivity contribution in [1.29, 1.82) is 0 Å². The van der Waals surface area contributed by atoms with Gasteiger partial charge in [0.1, 0.15) is 18.5 Å². The van der Waals surface area contributed by atoms with Crippen LogP contribution in [0.1, 0.15) is 17.3 Å². The lowest BCUT2D eigenvalue weighted by Gasteiger charge is -2.39. The van der Waals surface area contributed by atoms with Gasteiger partial charge in [-0.05, 0) is 42.0 Å². The average Bonchev–Trinajstić information content (AvgIpc) is 2.90. The highest BCUT2D eigenvalue weighted by Gasteiger charge is 2.28. The zero-order valence-electron chi connectivity index (χ0n) is 19.2. The van der Waals surface area contributed by atoms with E-state index in [1.165, 1.54) is 5.56 Å². The second-order valence-electron chi connectivity index (χ2n) is 8.70. The van der Waals surface area contributed by atoms with E-state index in [1.54, 1.807) is 6.20 Å². The number of benzene rings is 2. The van der Waals surface area contributed by atoms with Gasteiger partial charge in [0.25, 0.3) is 0 Å². The highest BCUT2D eigenvalue weighted by molar-refractivity contribution is 5.84. The van der Waals surface area contributed by atoms with E-state index in [2.05, 4.69) is 62.2 Å². The van der Waals surface area contributed by atoms with Crippen LogP contribution in [0.3, 0.4) is 0 Å². The van der Waals surface area contributed by atoms with Crippen LogP contribution in [0.15, 0.2) is 91.3 Å². The Labute approximate surface area is 200 Å². The third-order valence-corrected chi connectivity index (χ3v) is 6.36. The summed E-state index contributed by atoms with van der Waals surface area (Å²) in [7, 11) is 0. The minimum Gasteiger partial charge on any atom is -0.490 e. The topological polar surface area (TPSA) is 61.7 Å². The van der Waals surface area contributed by atoms with Gasteiger partial charge < -0.3 is 9.84 Å². The predicted octanol–water partition coefficient (Wildman–Crippen LogP) is 3.78. The fourth-order valence-corrected chi connectivity index (χ4v) is 4.68. The molecule has 4 aromatic rings. The van der Waals surface area contributed by atoms with Crippen LogP contribution < -0.4 is 4.74 Å². The molecule has 1 saturated heterocycles. The van der Waals surface area contributed by atoms with Gasteiger partial charge in [-0.15, -0.1) is 0 Å². The van der Waals surface area contributed by atoms with Crippen molar-refractivity contribution in [2.45, 2.75) is 12.1 Å². The number of pyridine rings is 2. The molecule has 5 rings (SSSR count). The molecule has 34 heavy (non-hydrogen) atoms. The molecule has 0 saturated carbocycles. The summed E-state index contributed by atoms with van der Waals surface area (Å²) in [4.78, 5) is 13.8. The van der Waals surface area contributed by atoms with E-state index < -0.39 is 6.10 Å². The molecule has 1 N–H and O–H groups in total. The summed E-state index contributed by atoms with van der Waals surface area (Å²) in [5.41, 5.74) is 3.22. The smallest absolute Gasteiger partial charge is 0.128 e. The van der Waals surface area contributed by atoms with Crippen molar-refractivity contribution in [3.05, 3.63) is 103 Å². The Bertz CT molecular complexity index is 1140. The molecule has 2 unspecified atom stereocenters. The maximum atomic E-state index is 10.7. The van der Waals surface area contributed by atoms with Crippen LogP contribution in [-0.2, 0) is 0 Å². The Morgan fingerprint density at radius 3 is 2.38 bits per heavy atom. The van der Waals surface area contributed by atoms with Crippen molar-refractivity contribution < 1.29 is 9.84 Å². The molecule has 6 heteroatoms. The van der Waals surface area contributed by atoms with Crippen molar-refractivity contribution in [2.24, 2.45) is 0 Å². The largest absolute Gasteiger partial charge is 0.490 e. The minimum atomic E-state index is -0.556. The Kier molecular flexibility index (Phi) is 7.10. The van der Waals surface area contributed by atoms with Gasteiger partial charge in [0.05, 0.1) is 17.3 Å². The molecule has 0 aliphatic carbocycles. The van der Waals surface area contributed by atoms with Gasteiger partial charge in [0.2, 0.25) is 0 Å².